The molecule has 10 nitrogen and oxygen atoms in total. The Labute approximate surface area is 261 Å². The lowest BCUT2D eigenvalue weighted by Crippen LogP contribution is -2.48. The number of H-pyrrole nitrogens is 1. The number of rotatable bonds is 2. The fraction of sp³-hybridized carbons (Fsp3) is 0.343. The molecule has 1 spiro atoms. The molecular weight excluding hydrogens is 568 g/mol. The number of aromatic amines is 1. The molecule has 0 radical (unpaired) electrons. The second-order valence-electron chi connectivity index (χ2n) is 12.5. The minimum Gasteiger partial charge on any atom is -0.377 e. The van der Waals surface area contributed by atoms with Gasteiger partial charge in [-0.05, 0) is 84.7 Å². The van der Waals surface area contributed by atoms with Gasteiger partial charge in [0.2, 0.25) is 11.8 Å². The van der Waals surface area contributed by atoms with Crippen molar-refractivity contribution >= 4 is 40.5 Å². The Morgan fingerprint density at radius 2 is 1.91 bits per heavy atom. The molecule has 2 aromatic heterocycles. The van der Waals surface area contributed by atoms with Gasteiger partial charge in [-0.25, -0.2) is 4.98 Å². The summed E-state index contributed by atoms with van der Waals surface area (Å²) in [5, 5.41) is 14.2. The Hall–Kier alpha value is -4.83. The summed E-state index contributed by atoms with van der Waals surface area (Å²) < 4.78 is 5.81. The van der Waals surface area contributed by atoms with Gasteiger partial charge in [-0.15, -0.1) is 0 Å². The molecule has 1 aliphatic carbocycles. The lowest BCUT2D eigenvalue weighted by molar-refractivity contribution is -0.132. The maximum absolute atomic E-state index is 13.8. The quantitative estimate of drug-likeness (QED) is 0.319. The third kappa shape index (κ3) is 5.39. The van der Waals surface area contributed by atoms with Crippen LogP contribution in [0, 0.1) is 6.92 Å². The van der Waals surface area contributed by atoms with Gasteiger partial charge in [-0.1, -0.05) is 24.3 Å². The summed E-state index contributed by atoms with van der Waals surface area (Å²) in [6.45, 7) is 3.57. The van der Waals surface area contributed by atoms with Crippen molar-refractivity contribution in [3.63, 3.8) is 0 Å². The number of benzene rings is 2. The number of hydrogen-bond acceptors (Lipinski definition) is 6. The number of ether oxygens (including phenoxy) is 1. The van der Waals surface area contributed by atoms with Crippen LogP contribution in [0.2, 0.25) is 0 Å². The third-order valence-corrected chi connectivity index (χ3v) is 9.33. The van der Waals surface area contributed by atoms with Gasteiger partial charge in [0.15, 0.2) is 0 Å². The van der Waals surface area contributed by atoms with E-state index in [1.165, 1.54) is 0 Å². The number of aromatic nitrogens is 3. The molecular formula is C35H36N6O4. The van der Waals surface area contributed by atoms with Crippen molar-refractivity contribution in [3.05, 3.63) is 93.8 Å². The van der Waals surface area contributed by atoms with Crippen molar-refractivity contribution in [2.24, 2.45) is 0 Å². The number of nitrogens with zero attached hydrogens (tertiary/aromatic N) is 3. The highest BCUT2D eigenvalue weighted by molar-refractivity contribution is 6.06. The highest BCUT2D eigenvalue weighted by Gasteiger charge is 2.51. The van der Waals surface area contributed by atoms with Crippen LogP contribution in [0.15, 0.2) is 54.9 Å². The first-order valence-electron chi connectivity index (χ1n) is 15.5. The van der Waals surface area contributed by atoms with E-state index < -0.39 is 11.5 Å². The van der Waals surface area contributed by atoms with Gasteiger partial charge in [-0.3, -0.25) is 19.5 Å². The summed E-state index contributed by atoms with van der Waals surface area (Å²) in [7, 11) is 1.78. The summed E-state index contributed by atoms with van der Waals surface area (Å²) in [6, 6.07) is 10.9. The monoisotopic (exact) mass is 604 g/mol. The Bertz CT molecular complexity index is 1860. The van der Waals surface area contributed by atoms with E-state index in [1.54, 1.807) is 30.4 Å². The zero-order valence-corrected chi connectivity index (χ0v) is 25.5. The zero-order valence-electron chi connectivity index (χ0n) is 25.5. The minimum atomic E-state index is -0.774. The van der Waals surface area contributed by atoms with Crippen molar-refractivity contribution in [3.8, 4) is 0 Å². The fourth-order valence-corrected chi connectivity index (χ4v) is 6.93. The smallest absolute Gasteiger partial charge is 0.251 e. The Balaban J connectivity index is 1.21. The molecule has 0 fully saturated rings. The zero-order chi connectivity index (χ0) is 31.1. The molecule has 230 valence electrons. The van der Waals surface area contributed by atoms with Gasteiger partial charge < -0.3 is 20.3 Å². The molecule has 0 saturated carbocycles. The number of carbonyl (C=O) groups is 3. The molecule has 45 heavy (non-hydrogen) atoms. The van der Waals surface area contributed by atoms with Crippen LogP contribution in [-0.2, 0) is 39.0 Å². The molecule has 7 rings (SSSR count). The van der Waals surface area contributed by atoms with Gasteiger partial charge >= 0.3 is 0 Å². The van der Waals surface area contributed by atoms with Crippen LogP contribution < -0.4 is 10.6 Å². The van der Waals surface area contributed by atoms with E-state index in [-0.39, 0.29) is 17.7 Å². The standard InChI is InChI=1S/C35H36N6O4/c1-21-12-23(13-27-20-37-40-30(21)27)15-29-33(43)41(2)9-3-4-10-45-11-5-6-22-14-28-31(36-19-22)39-34(44)35(28)17-25-8-7-24(32(42)38-29)16-26(25)18-35/h5-8,12-14,16,19-20,29H,3-4,9-11,15,17-18H2,1-2H3,(H,37,40)(H,38,42)(H,36,39,44). The molecule has 2 unspecified atom stereocenters. The lowest BCUT2D eigenvalue weighted by Gasteiger charge is -2.25. The summed E-state index contributed by atoms with van der Waals surface area (Å²) in [6.07, 6.45) is 10.4. The Morgan fingerprint density at radius 1 is 1.04 bits per heavy atom. The van der Waals surface area contributed by atoms with E-state index in [1.807, 2.05) is 49.4 Å². The van der Waals surface area contributed by atoms with Crippen molar-refractivity contribution < 1.29 is 19.1 Å². The van der Waals surface area contributed by atoms with Crippen LogP contribution in [0.5, 0.6) is 0 Å². The number of hydrogen-bond donors (Lipinski definition) is 3. The number of pyridine rings is 1. The number of amides is 3. The molecule has 3 amide bonds. The van der Waals surface area contributed by atoms with E-state index in [0.717, 1.165) is 57.1 Å². The van der Waals surface area contributed by atoms with Crippen LogP contribution in [-0.4, -0.2) is 70.7 Å². The first-order chi connectivity index (χ1) is 21.8. The van der Waals surface area contributed by atoms with Crippen molar-refractivity contribution in [2.75, 3.05) is 32.1 Å². The highest BCUT2D eigenvalue weighted by atomic mass is 16.5. The van der Waals surface area contributed by atoms with Gasteiger partial charge in [0, 0.05) is 49.3 Å². The summed E-state index contributed by atoms with van der Waals surface area (Å²) in [4.78, 5) is 47.2. The number of anilines is 1. The molecule has 4 aromatic rings. The first kappa shape index (κ1) is 28.9. The lowest BCUT2D eigenvalue weighted by atomic mass is 9.79. The molecule has 2 atom stereocenters. The first-order valence-corrected chi connectivity index (χ1v) is 15.5. The SMILES string of the molecule is Cc1cc(CC2NC(=O)c3ccc4c(c3)CC3(C4)C(=O)Nc4ncc(cc43)C=CCOCCCCN(C)C2=O)cc2cn[nH]c12. The van der Waals surface area contributed by atoms with Crippen LogP contribution in [0.3, 0.4) is 0 Å². The van der Waals surface area contributed by atoms with Gasteiger partial charge in [0.25, 0.3) is 5.91 Å². The average molecular weight is 605 g/mol. The normalized spacial score (nSPS) is 22.0. The largest absolute Gasteiger partial charge is 0.377 e. The molecule has 5 bridgehead atoms. The maximum Gasteiger partial charge on any atom is 0.251 e. The maximum atomic E-state index is 13.8. The predicted molar refractivity (Wildman–Crippen MR) is 171 cm³/mol. The Morgan fingerprint density at radius 3 is 2.80 bits per heavy atom. The highest BCUT2D eigenvalue weighted by Crippen LogP contribution is 2.47. The van der Waals surface area contributed by atoms with Gasteiger partial charge in [0.1, 0.15) is 11.9 Å². The fourth-order valence-electron chi connectivity index (χ4n) is 6.93. The molecule has 4 heterocycles. The number of likely N-dealkylation sites (N-methyl/N-ethyl adjacent to an activating group) is 1. The van der Waals surface area contributed by atoms with Crippen molar-refractivity contribution in [1.82, 2.24) is 25.4 Å². The van der Waals surface area contributed by atoms with Crippen LogP contribution in [0.1, 0.15) is 56.6 Å². The minimum absolute atomic E-state index is 0.0753. The van der Waals surface area contributed by atoms with Crippen molar-refractivity contribution in [2.45, 2.75) is 50.5 Å². The molecule has 3 N–H and O–H groups in total. The van der Waals surface area contributed by atoms with Crippen LogP contribution >= 0.6 is 0 Å². The number of carbonyl (C=O) groups excluding carboxylic acids is 3. The van der Waals surface area contributed by atoms with Crippen molar-refractivity contribution in [1.29, 1.82) is 0 Å². The molecule has 2 aromatic carbocycles. The van der Waals surface area contributed by atoms with E-state index in [4.69, 9.17) is 4.74 Å². The molecule has 0 saturated heterocycles. The summed E-state index contributed by atoms with van der Waals surface area (Å²) in [5.41, 5.74) is 6.37. The van der Waals surface area contributed by atoms with E-state index in [0.29, 0.717) is 50.4 Å². The van der Waals surface area contributed by atoms with Crippen LogP contribution in [0.25, 0.3) is 17.0 Å². The van der Waals surface area contributed by atoms with E-state index in [9.17, 15) is 14.4 Å². The topological polar surface area (TPSA) is 129 Å². The van der Waals surface area contributed by atoms with Gasteiger partial charge in [0.05, 0.1) is 23.7 Å². The molecule has 2 aliphatic heterocycles. The second kappa shape index (κ2) is 11.6. The van der Waals surface area contributed by atoms with Crippen LogP contribution in [0.4, 0.5) is 5.82 Å². The second-order valence-corrected chi connectivity index (χ2v) is 12.5. The number of fused-ring (bicyclic) bond motifs is 3. The predicted octanol–water partition coefficient (Wildman–Crippen LogP) is 3.88. The van der Waals surface area contributed by atoms with E-state index in [2.05, 4.69) is 25.8 Å². The molecule has 10 heteroatoms. The Kier molecular flexibility index (Phi) is 7.45. The van der Waals surface area contributed by atoms with E-state index >= 15 is 0 Å². The summed E-state index contributed by atoms with van der Waals surface area (Å²) in [5.74, 6) is 0.0434. The number of nitrogens with one attached hydrogen (secondary N) is 3. The number of aryl methyl sites for hydroxylation is 1. The third-order valence-electron chi connectivity index (χ3n) is 9.33. The molecule has 3 aliphatic rings. The average Bonchev–Trinajstić information content (AvgIpc) is 3.73. The van der Waals surface area contributed by atoms with Gasteiger partial charge in [-0.2, -0.15) is 5.10 Å². The summed E-state index contributed by atoms with van der Waals surface area (Å²) >= 11 is 0.